The normalized spacial score (nSPS) is 14.9. The van der Waals surface area contributed by atoms with Gasteiger partial charge in [-0.25, -0.2) is 9.79 Å². The van der Waals surface area contributed by atoms with Crippen molar-refractivity contribution in [3.63, 3.8) is 0 Å². The summed E-state index contributed by atoms with van der Waals surface area (Å²) in [7, 11) is 1.57. The number of rotatable bonds is 9. The Kier molecular flexibility index (Phi) is 7.90. The third-order valence-corrected chi connectivity index (χ3v) is 7.96. The molecule has 0 radical (unpaired) electrons. The number of ether oxygens (including phenoxy) is 3. The average Bonchev–Trinajstić information content (AvgIpc) is 3.60. The number of fused-ring (bicyclic) bond motifs is 1. The predicted octanol–water partition coefficient (Wildman–Crippen LogP) is 4.57. The summed E-state index contributed by atoms with van der Waals surface area (Å²) < 4.78 is 18.9. The molecule has 7 nitrogen and oxygen atoms in total. The minimum atomic E-state index is -0.681. The van der Waals surface area contributed by atoms with Crippen molar-refractivity contribution in [3.05, 3.63) is 120 Å². The zero-order valence-corrected chi connectivity index (χ0v) is 23.1. The van der Waals surface area contributed by atoms with Gasteiger partial charge in [0.1, 0.15) is 12.6 Å². The highest BCUT2D eigenvalue weighted by Crippen LogP contribution is 2.37. The van der Waals surface area contributed by atoms with Gasteiger partial charge in [-0.2, -0.15) is 0 Å². The van der Waals surface area contributed by atoms with Gasteiger partial charge in [0.2, 0.25) is 0 Å². The summed E-state index contributed by atoms with van der Waals surface area (Å²) in [4.78, 5) is 33.6. The molecule has 1 aliphatic heterocycles. The van der Waals surface area contributed by atoms with Gasteiger partial charge in [0.25, 0.3) is 5.56 Å². The van der Waals surface area contributed by atoms with Crippen LogP contribution in [0.2, 0.25) is 0 Å². The van der Waals surface area contributed by atoms with Crippen LogP contribution in [0.5, 0.6) is 11.5 Å². The fourth-order valence-electron chi connectivity index (χ4n) is 4.40. The largest absolute Gasteiger partial charge is 0.493 e. The molecule has 5 rings (SSSR count). The fraction of sp³-hybridized carbons (Fsp3) is 0.167. The van der Waals surface area contributed by atoms with Crippen LogP contribution in [0.4, 0.5) is 0 Å². The molecule has 4 aromatic rings. The quantitative estimate of drug-likeness (QED) is 0.222. The molecule has 0 spiro atoms. The summed E-state index contributed by atoms with van der Waals surface area (Å²) in [5.41, 5.74) is 2.02. The first-order chi connectivity index (χ1) is 19.1. The number of aromatic nitrogens is 1. The number of methoxy groups -OCH3 is 1. The molecule has 0 saturated heterocycles. The first-order valence-electron chi connectivity index (χ1n) is 12.3. The second kappa shape index (κ2) is 11.7. The molecule has 0 bridgehead atoms. The molecule has 0 aliphatic carbocycles. The van der Waals surface area contributed by atoms with Gasteiger partial charge < -0.3 is 14.2 Å². The maximum absolute atomic E-state index is 14.0. The Hall–Kier alpha value is -4.21. The molecule has 2 aromatic heterocycles. The van der Waals surface area contributed by atoms with E-state index in [9.17, 15) is 9.59 Å². The number of para-hydroxylation sites is 1. The molecule has 0 amide bonds. The van der Waals surface area contributed by atoms with Gasteiger partial charge in [0.15, 0.2) is 16.3 Å². The number of hydrogen-bond donors (Lipinski definition) is 0. The van der Waals surface area contributed by atoms with Gasteiger partial charge in [-0.1, -0.05) is 72.5 Å². The van der Waals surface area contributed by atoms with E-state index in [1.54, 1.807) is 36.8 Å². The summed E-state index contributed by atoms with van der Waals surface area (Å²) in [5.74, 6) is 0.559. The smallest absolute Gasteiger partial charge is 0.338 e. The van der Waals surface area contributed by atoms with Gasteiger partial charge in [-0.3, -0.25) is 9.36 Å². The third kappa shape index (κ3) is 5.10. The highest BCUT2D eigenvalue weighted by atomic mass is 32.1. The van der Waals surface area contributed by atoms with Crippen molar-refractivity contribution in [1.29, 1.82) is 0 Å². The highest BCUT2D eigenvalue weighted by Gasteiger charge is 2.35. The van der Waals surface area contributed by atoms with E-state index in [-0.39, 0.29) is 18.8 Å². The Morgan fingerprint density at radius 1 is 1.13 bits per heavy atom. The molecule has 1 aliphatic rings. The van der Waals surface area contributed by atoms with Crippen LogP contribution < -0.4 is 24.4 Å². The molecule has 2 aromatic carbocycles. The number of esters is 1. The van der Waals surface area contributed by atoms with E-state index in [4.69, 9.17) is 19.2 Å². The molecule has 9 heteroatoms. The summed E-state index contributed by atoms with van der Waals surface area (Å²) in [6.45, 7) is 5.97. The van der Waals surface area contributed by atoms with Gasteiger partial charge in [-0.05, 0) is 30.5 Å². The van der Waals surface area contributed by atoms with E-state index in [1.165, 1.54) is 22.7 Å². The zero-order valence-electron chi connectivity index (χ0n) is 21.5. The van der Waals surface area contributed by atoms with Crippen LogP contribution >= 0.6 is 22.7 Å². The average molecular weight is 559 g/mol. The number of thiophene rings is 1. The van der Waals surface area contributed by atoms with E-state index in [1.807, 2.05) is 60.0 Å². The number of carbonyl (C=O) groups excluding carboxylic acids is 1. The zero-order chi connectivity index (χ0) is 27.4. The Morgan fingerprint density at radius 3 is 2.64 bits per heavy atom. The molecule has 0 saturated carbocycles. The van der Waals surface area contributed by atoms with Crippen LogP contribution in [0.15, 0.2) is 94.1 Å². The van der Waals surface area contributed by atoms with E-state index >= 15 is 0 Å². The van der Waals surface area contributed by atoms with Gasteiger partial charge in [-0.15, -0.1) is 11.3 Å². The maximum Gasteiger partial charge on any atom is 0.338 e. The highest BCUT2D eigenvalue weighted by molar-refractivity contribution is 7.10. The van der Waals surface area contributed by atoms with E-state index in [2.05, 4.69) is 6.58 Å². The summed E-state index contributed by atoms with van der Waals surface area (Å²) >= 11 is 2.73. The SMILES string of the molecule is C=CCOc1c(/C=c2\sc3n(c2=O)[C@H](c2cccs2)C(C(=O)OCC)=C(c2ccccc2)N=3)cccc1OC. The summed E-state index contributed by atoms with van der Waals surface area (Å²) in [6, 6.07) is 18.1. The number of benzene rings is 2. The lowest BCUT2D eigenvalue weighted by Gasteiger charge is -2.24. The number of hydrogen-bond acceptors (Lipinski definition) is 8. The maximum atomic E-state index is 14.0. The molecular formula is C30H26N2O5S2. The van der Waals surface area contributed by atoms with Crippen molar-refractivity contribution >= 4 is 40.4 Å². The third-order valence-electron chi connectivity index (χ3n) is 6.05. The van der Waals surface area contributed by atoms with Crippen molar-refractivity contribution in [3.8, 4) is 11.5 Å². The number of nitrogens with zero attached hydrogens (tertiary/aromatic N) is 2. The van der Waals surface area contributed by atoms with E-state index < -0.39 is 12.0 Å². The Morgan fingerprint density at radius 2 is 1.95 bits per heavy atom. The molecule has 39 heavy (non-hydrogen) atoms. The van der Waals surface area contributed by atoms with Crippen LogP contribution in [0.1, 0.15) is 29.0 Å². The monoisotopic (exact) mass is 558 g/mol. The van der Waals surface area contributed by atoms with Crippen LogP contribution in [-0.2, 0) is 9.53 Å². The van der Waals surface area contributed by atoms with Crippen molar-refractivity contribution in [2.75, 3.05) is 20.3 Å². The lowest BCUT2D eigenvalue weighted by molar-refractivity contribution is -0.138. The van der Waals surface area contributed by atoms with Crippen LogP contribution in [0, 0.1) is 0 Å². The second-order valence-corrected chi connectivity index (χ2v) is 10.4. The van der Waals surface area contributed by atoms with Crippen LogP contribution in [0.25, 0.3) is 11.8 Å². The molecular weight excluding hydrogens is 532 g/mol. The van der Waals surface area contributed by atoms with E-state index in [0.717, 1.165) is 10.4 Å². The van der Waals surface area contributed by atoms with Crippen molar-refractivity contribution < 1.29 is 19.0 Å². The van der Waals surface area contributed by atoms with Crippen molar-refractivity contribution in [2.45, 2.75) is 13.0 Å². The minimum absolute atomic E-state index is 0.204. The minimum Gasteiger partial charge on any atom is -0.493 e. The molecule has 0 fully saturated rings. The Balaban J connectivity index is 1.78. The van der Waals surface area contributed by atoms with Crippen molar-refractivity contribution in [1.82, 2.24) is 4.57 Å². The molecule has 1 atom stereocenters. The number of thiazole rings is 1. The number of carbonyl (C=O) groups is 1. The molecule has 0 unspecified atom stereocenters. The lowest BCUT2D eigenvalue weighted by atomic mass is 9.97. The van der Waals surface area contributed by atoms with Gasteiger partial charge in [0, 0.05) is 16.0 Å². The topological polar surface area (TPSA) is 79.1 Å². The van der Waals surface area contributed by atoms with Gasteiger partial charge in [0.05, 0.1) is 29.5 Å². The standard InChI is InChI=1S/C30H26N2O5S2/c1-4-16-37-27-20(13-9-14-21(27)35-3)18-23-28(33)32-26(22-15-10-17-38-22)24(29(34)36-5-2)25(31-30(32)39-23)19-11-7-6-8-12-19/h4,6-15,17-18,26H,1,5,16H2,2-3H3/b23-18-/t26-/m1/s1. The second-order valence-electron chi connectivity index (χ2n) is 8.43. The summed E-state index contributed by atoms with van der Waals surface area (Å²) in [5, 5.41) is 1.93. The van der Waals surface area contributed by atoms with E-state index in [0.29, 0.717) is 37.7 Å². The molecule has 3 heterocycles. The first kappa shape index (κ1) is 26.4. The first-order valence-corrected chi connectivity index (χ1v) is 14.0. The van der Waals surface area contributed by atoms with Gasteiger partial charge >= 0.3 is 5.97 Å². The molecule has 0 N–H and O–H groups in total. The molecule has 198 valence electrons. The summed E-state index contributed by atoms with van der Waals surface area (Å²) in [6.07, 6.45) is 3.42. The van der Waals surface area contributed by atoms with Crippen LogP contribution in [-0.4, -0.2) is 30.9 Å². The Labute approximate surface area is 233 Å². The Bertz CT molecular complexity index is 1720. The lowest BCUT2D eigenvalue weighted by Crippen LogP contribution is -2.39. The van der Waals surface area contributed by atoms with Crippen LogP contribution in [0.3, 0.4) is 0 Å². The fourth-order valence-corrected chi connectivity index (χ4v) is 6.22. The predicted molar refractivity (Wildman–Crippen MR) is 154 cm³/mol. The van der Waals surface area contributed by atoms with Crippen molar-refractivity contribution in [2.24, 2.45) is 4.99 Å².